The Bertz CT molecular complexity index is 308. The lowest BCUT2D eigenvalue weighted by Crippen LogP contribution is -1.78. The van der Waals surface area contributed by atoms with Gasteiger partial charge in [-0.2, -0.15) is 5.26 Å². The van der Waals surface area contributed by atoms with Crippen molar-refractivity contribution in [1.29, 1.82) is 5.26 Å². The van der Waals surface area contributed by atoms with E-state index in [9.17, 15) is 0 Å². The molecule has 0 unspecified atom stereocenters. The molecule has 0 saturated heterocycles. The van der Waals surface area contributed by atoms with Gasteiger partial charge in [-0.3, -0.25) is 0 Å². The second-order valence-electron chi connectivity index (χ2n) is 2.04. The summed E-state index contributed by atoms with van der Waals surface area (Å²) >= 11 is 0. The van der Waals surface area contributed by atoms with Crippen LogP contribution >= 0.6 is 0 Å². The summed E-state index contributed by atoms with van der Waals surface area (Å²) in [5.41, 5.74) is 1.60. The van der Waals surface area contributed by atoms with E-state index in [-0.39, 0.29) is 0 Å². The second kappa shape index (κ2) is 3.44. The number of rotatable bonds is 1. The topological polar surface area (TPSA) is 23.8 Å². The van der Waals surface area contributed by atoms with Gasteiger partial charge in [-0.1, -0.05) is 18.1 Å². The van der Waals surface area contributed by atoms with Gasteiger partial charge in [-0.25, -0.2) is 0 Å². The standard InChI is InChI=1S/C10H6N/c1-2-3-9-4-6-10(8-11)7-5-9/h1,3-7H. The van der Waals surface area contributed by atoms with E-state index < -0.39 is 0 Å². The van der Waals surface area contributed by atoms with Crippen LogP contribution in [0.3, 0.4) is 0 Å². The Morgan fingerprint density at radius 2 is 1.91 bits per heavy atom. The first-order valence-electron chi connectivity index (χ1n) is 3.16. The lowest BCUT2D eigenvalue weighted by Gasteiger charge is -1.92. The molecule has 0 atom stereocenters. The molecule has 0 spiro atoms. The zero-order chi connectivity index (χ0) is 8.10. The van der Waals surface area contributed by atoms with Crippen LogP contribution in [0.4, 0.5) is 0 Å². The van der Waals surface area contributed by atoms with Crippen molar-refractivity contribution in [3.8, 4) is 18.4 Å². The Kier molecular flexibility index (Phi) is 2.31. The van der Waals surface area contributed by atoms with E-state index in [1.54, 1.807) is 18.6 Å². The fourth-order valence-electron chi connectivity index (χ4n) is 0.750. The molecule has 0 N–H and O–H groups in total. The zero-order valence-electron chi connectivity index (χ0n) is 5.91. The monoisotopic (exact) mass is 140 g/mol. The van der Waals surface area contributed by atoms with Crippen LogP contribution in [0.15, 0.2) is 24.3 Å². The Hall–Kier alpha value is -1.73. The molecule has 0 aliphatic heterocycles. The highest BCUT2D eigenvalue weighted by atomic mass is 14.2. The average Bonchev–Trinajstić information content (AvgIpc) is 2.07. The highest BCUT2D eigenvalue weighted by molar-refractivity contribution is 5.37. The van der Waals surface area contributed by atoms with E-state index >= 15 is 0 Å². The summed E-state index contributed by atoms with van der Waals surface area (Å²) in [6, 6.07) is 9.14. The van der Waals surface area contributed by atoms with Crippen molar-refractivity contribution >= 4 is 0 Å². The maximum Gasteiger partial charge on any atom is 0.0991 e. The van der Waals surface area contributed by atoms with Crippen LogP contribution in [-0.2, 0) is 0 Å². The predicted octanol–water partition coefficient (Wildman–Crippen LogP) is 1.74. The summed E-state index contributed by atoms with van der Waals surface area (Å²) in [5.74, 6) is 2.41. The molecule has 0 aliphatic carbocycles. The first-order valence-corrected chi connectivity index (χ1v) is 3.16. The number of terminal acetylenes is 1. The van der Waals surface area contributed by atoms with E-state index in [2.05, 4.69) is 5.92 Å². The molecule has 1 nitrogen and oxygen atoms in total. The molecular weight excluding hydrogens is 134 g/mol. The maximum absolute atomic E-state index is 8.46. The quantitative estimate of drug-likeness (QED) is 0.545. The third-order valence-corrected chi connectivity index (χ3v) is 1.29. The van der Waals surface area contributed by atoms with E-state index in [4.69, 9.17) is 11.7 Å². The molecule has 51 valence electrons. The minimum atomic E-state index is 0.652. The average molecular weight is 140 g/mol. The first-order chi connectivity index (χ1) is 5.36. The minimum absolute atomic E-state index is 0.652. The van der Waals surface area contributed by atoms with Gasteiger partial charge in [-0.15, -0.1) is 6.42 Å². The van der Waals surface area contributed by atoms with Crippen molar-refractivity contribution in [2.75, 3.05) is 0 Å². The van der Waals surface area contributed by atoms with Crippen molar-refractivity contribution in [3.63, 3.8) is 0 Å². The van der Waals surface area contributed by atoms with E-state index in [1.165, 1.54) is 0 Å². The van der Waals surface area contributed by atoms with Gasteiger partial charge in [0.15, 0.2) is 0 Å². The number of hydrogen-bond acceptors (Lipinski definition) is 1. The summed E-state index contributed by atoms with van der Waals surface area (Å²) in [6.45, 7) is 0. The van der Waals surface area contributed by atoms with Crippen LogP contribution in [0.2, 0.25) is 0 Å². The molecule has 0 fully saturated rings. The Morgan fingerprint density at radius 1 is 1.27 bits per heavy atom. The maximum atomic E-state index is 8.46. The lowest BCUT2D eigenvalue weighted by molar-refractivity contribution is 1.46. The predicted molar refractivity (Wildman–Crippen MR) is 43.4 cm³/mol. The molecular formula is C10H6N. The molecule has 1 aromatic rings. The molecule has 11 heavy (non-hydrogen) atoms. The van der Waals surface area contributed by atoms with Crippen molar-refractivity contribution in [2.24, 2.45) is 0 Å². The van der Waals surface area contributed by atoms with Gasteiger partial charge in [0.2, 0.25) is 0 Å². The Morgan fingerprint density at radius 3 is 2.36 bits per heavy atom. The summed E-state index contributed by atoms with van der Waals surface area (Å²) < 4.78 is 0. The molecule has 1 aromatic carbocycles. The third-order valence-electron chi connectivity index (χ3n) is 1.29. The molecule has 1 radical (unpaired) electrons. The van der Waals surface area contributed by atoms with E-state index in [0.717, 1.165) is 5.56 Å². The van der Waals surface area contributed by atoms with Crippen LogP contribution < -0.4 is 0 Å². The van der Waals surface area contributed by atoms with Gasteiger partial charge < -0.3 is 0 Å². The Balaban J connectivity index is 2.87. The van der Waals surface area contributed by atoms with Crippen LogP contribution in [0, 0.1) is 30.1 Å². The molecule has 0 aromatic heterocycles. The Labute approximate surface area is 66.3 Å². The van der Waals surface area contributed by atoms with Crippen LogP contribution in [0.25, 0.3) is 0 Å². The van der Waals surface area contributed by atoms with Crippen molar-refractivity contribution in [3.05, 3.63) is 41.8 Å². The fourth-order valence-corrected chi connectivity index (χ4v) is 0.750. The molecule has 1 heteroatoms. The third kappa shape index (κ3) is 1.85. The highest BCUT2D eigenvalue weighted by Gasteiger charge is 1.90. The molecule has 1 rings (SSSR count). The van der Waals surface area contributed by atoms with Crippen LogP contribution in [0.1, 0.15) is 11.1 Å². The number of nitriles is 1. The van der Waals surface area contributed by atoms with E-state index in [0.29, 0.717) is 5.56 Å². The summed E-state index contributed by atoms with van der Waals surface area (Å²) in [4.78, 5) is 0. The molecule has 0 bridgehead atoms. The number of benzene rings is 1. The fraction of sp³-hybridized carbons (Fsp3) is 0. The SMILES string of the molecule is C#C[CH]c1ccc(C#N)cc1. The van der Waals surface area contributed by atoms with Crippen molar-refractivity contribution < 1.29 is 0 Å². The van der Waals surface area contributed by atoms with Crippen molar-refractivity contribution in [2.45, 2.75) is 0 Å². The minimum Gasteiger partial charge on any atom is -0.192 e. The normalized spacial score (nSPS) is 8.18. The van der Waals surface area contributed by atoms with Gasteiger partial charge in [0.1, 0.15) is 0 Å². The van der Waals surface area contributed by atoms with Gasteiger partial charge in [0, 0.05) is 0 Å². The lowest BCUT2D eigenvalue weighted by atomic mass is 10.1. The molecule has 0 aliphatic rings. The van der Waals surface area contributed by atoms with Gasteiger partial charge in [0.25, 0.3) is 0 Å². The number of nitrogens with zero attached hydrogens (tertiary/aromatic N) is 1. The van der Waals surface area contributed by atoms with E-state index in [1.807, 2.05) is 18.2 Å². The zero-order valence-corrected chi connectivity index (χ0v) is 5.91. The molecule has 0 heterocycles. The second-order valence-corrected chi connectivity index (χ2v) is 2.04. The smallest absolute Gasteiger partial charge is 0.0991 e. The van der Waals surface area contributed by atoms with Gasteiger partial charge >= 0.3 is 0 Å². The van der Waals surface area contributed by atoms with Crippen molar-refractivity contribution in [1.82, 2.24) is 0 Å². The summed E-state index contributed by atoms with van der Waals surface area (Å²) in [7, 11) is 0. The molecule has 0 saturated carbocycles. The van der Waals surface area contributed by atoms with Gasteiger partial charge in [-0.05, 0) is 17.7 Å². The highest BCUT2D eigenvalue weighted by Crippen LogP contribution is 2.04. The van der Waals surface area contributed by atoms with Gasteiger partial charge in [0.05, 0.1) is 18.1 Å². The number of hydrogen-bond donors (Lipinski definition) is 0. The summed E-state index contributed by atoms with van der Waals surface area (Å²) in [6.07, 6.45) is 6.71. The largest absolute Gasteiger partial charge is 0.192 e. The van der Waals surface area contributed by atoms with Crippen LogP contribution in [0.5, 0.6) is 0 Å². The van der Waals surface area contributed by atoms with Crippen LogP contribution in [-0.4, -0.2) is 0 Å². The first kappa shape index (κ1) is 7.38. The molecule has 0 amide bonds. The summed E-state index contributed by atoms with van der Waals surface area (Å²) in [5, 5.41) is 8.46.